The molecule has 0 unspecified atom stereocenters. The molecule has 2 atom stereocenters. The summed E-state index contributed by atoms with van der Waals surface area (Å²) >= 11 is 3.84. The highest BCUT2D eigenvalue weighted by Gasteiger charge is 2.31. The summed E-state index contributed by atoms with van der Waals surface area (Å²) in [7, 11) is 1.81. The number of thioether (sulfide) groups is 1. The Balaban J connectivity index is 2.15. The number of nitro benzene ring substituents is 1. The van der Waals surface area contributed by atoms with E-state index in [1.807, 2.05) is 34.4 Å². The van der Waals surface area contributed by atoms with Crippen LogP contribution in [-0.2, 0) is 0 Å². The van der Waals surface area contributed by atoms with Crippen LogP contribution in [0.1, 0.15) is 36.5 Å². The summed E-state index contributed by atoms with van der Waals surface area (Å²) in [4.78, 5) is 25.0. The van der Waals surface area contributed by atoms with Crippen molar-refractivity contribution in [2.24, 2.45) is 0 Å². The molecule has 0 spiro atoms. The van der Waals surface area contributed by atoms with Gasteiger partial charge >= 0.3 is 0 Å². The molecular formula is C15H19IN2O3S. The Morgan fingerprint density at radius 1 is 1.50 bits per heavy atom. The second-order valence-corrected chi connectivity index (χ2v) is 8.01. The molecule has 0 saturated heterocycles. The molecule has 1 amide bonds. The number of hydrogen-bond acceptors (Lipinski definition) is 4. The van der Waals surface area contributed by atoms with Crippen molar-refractivity contribution in [3.8, 4) is 0 Å². The standard InChI is InChI=1S/C15H19IN2O3S/c1-3-22-11-8-7-10(9-11)17(2)15(19)12-5-4-6-13(14(12)16)18(20)21/h4-6,10-11H,3,7-9H2,1-2H3/t10-,11-/m1/s1. The fraction of sp³-hybridized carbons (Fsp3) is 0.533. The van der Waals surface area contributed by atoms with E-state index in [1.165, 1.54) is 6.07 Å². The second kappa shape index (κ2) is 7.63. The van der Waals surface area contributed by atoms with Crippen LogP contribution in [0.25, 0.3) is 0 Å². The molecule has 1 aliphatic rings. The number of nitrogens with zero attached hydrogens (tertiary/aromatic N) is 2. The first-order valence-corrected chi connectivity index (χ1v) is 9.40. The van der Waals surface area contributed by atoms with Gasteiger partial charge in [-0.25, -0.2) is 0 Å². The topological polar surface area (TPSA) is 63.5 Å². The normalized spacial score (nSPS) is 20.9. The minimum Gasteiger partial charge on any atom is -0.339 e. The van der Waals surface area contributed by atoms with Crippen LogP contribution in [-0.4, -0.2) is 39.8 Å². The first kappa shape index (κ1) is 17.5. The van der Waals surface area contributed by atoms with E-state index in [2.05, 4.69) is 6.92 Å². The predicted octanol–water partition coefficient (Wildman–Crippen LogP) is 3.95. The van der Waals surface area contributed by atoms with Gasteiger partial charge in [0.25, 0.3) is 11.6 Å². The van der Waals surface area contributed by atoms with Gasteiger partial charge in [0.15, 0.2) is 0 Å². The maximum Gasteiger partial charge on any atom is 0.283 e. The third kappa shape index (κ3) is 3.73. The SMILES string of the molecule is CCS[C@@H]1CC[C@@H](N(C)C(=O)c2cccc([N+](=O)[O-])c2I)C1. The Morgan fingerprint density at radius 2 is 2.23 bits per heavy atom. The van der Waals surface area contributed by atoms with Crippen LogP contribution in [0.3, 0.4) is 0 Å². The van der Waals surface area contributed by atoms with E-state index in [1.54, 1.807) is 24.1 Å². The van der Waals surface area contributed by atoms with Gasteiger partial charge in [-0.05, 0) is 53.7 Å². The Hall–Kier alpha value is -0.830. The average Bonchev–Trinajstić information content (AvgIpc) is 2.94. The number of carbonyl (C=O) groups excluding carboxylic acids is 1. The van der Waals surface area contributed by atoms with Crippen LogP contribution < -0.4 is 0 Å². The highest BCUT2D eigenvalue weighted by molar-refractivity contribution is 14.1. The number of nitro groups is 1. The van der Waals surface area contributed by atoms with Gasteiger partial charge in [-0.3, -0.25) is 14.9 Å². The molecular weight excluding hydrogens is 415 g/mol. The van der Waals surface area contributed by atoms with Crippen molar-refractivity contribution in [1.82, 2.24) is 4.90 Å². The van der Waals surface area contributed by atoms with Crippen molar-refractivity contribution >= 4 is 45.9 Å². The molecule has 1 fully saturated rings. The number of hydrogen-bond donors (Lipinski definition) is 0. The van der Waals surface area contributed by atoms with Gasteiger partial charge in [0, 0.05) is 24.4 Å². The summed E-state index contributed by atoms with van der Waals surface area (Å²) in [5.74, 6) is 0.970. The molecule has 0 heterocycles. The van der Waals surface area contributed by atoms with Gasteiger partial charge in [0.2, 0.25) is 0 Å². The molecule has 2 rings (SSSR count). The van der Waals surface area contributed by atoms with E-state index >= 15 is 0 Å². The molecule has 1 aliphatic carbocycles. The average molecular weight is 434 g/mol. The van der Waals surface area contributed by atoms with Crippen LogP contribution >= 0.6 is 34.4 Å². The molecule has 0 aromatic heterocycles. The number of halogens is 1. The molecule has 0 N–H and O–H groups in total. The molecule has 1 saturated carbocycles. The lowest BCUT2D eigenvalue weighted by molar-refractivity contribution is -0.385. The van der Waals surface area contributed by atoms with Crippen molar-refractivity contribution in [3.63, 3.8) is 0 Å². The Kier molecular flexibility index (Phi) is 6.08. The summed E-state index contributed by atoms with van der Waals surface area (Å²) in [5.41, 5.74) is 0.412. The molecule has 0 aliphatic heterocycles. The Labute approximate surface area is 148 Å². The molecule has 1 aromatic rings. The molecule has 120 valence electrons. The highest BCUT2D eigenvalue weighted by Crippen LogP contribution is 2.33. The van der Waals surface area contributed by atoms with Gasteiger partial charge in [0.05, 0.1) is 10.5 Å². The van der Waals surface area contributed by atoms with Crippen LogP contribution in [0.5, 0.6) is 0 Å². The number of rotatable bonds is 5. The van der Waals surface area contributed by atoms with Gasteiger partial charge in [-0.2, -0.15) is 11.8 Å². The molecule has 1 aromatic carbocycles. The minimum atomic E-state index is -0.442. The lowest BCUT2D eigenvalue weighted by Crippen LogP contribution is -2.36. The van der Waals surface area contributed by atoms with Crippen molar-refractivity contribution in [2.75, 3.05) is 12.8 Å². The molecule has 5 nitrogen and oxygen atoms in total. The second-order valence-electron chi connectivity index (χ2n) is 5.36. The van der Waals surface area contributed by atoms with E-state index in [4.69, 9.17) is 0 Å². The van der Waals surface area contributed by atoms with Crippen LogP contribution in [0.15, 0.2) is 18.2 Å². The van der Waals surface area contributed by atoms with Crippen LogP contribution in [0.2, 0.25) is 0 Å². The fourth-order valence-corrected chi connectivity index (χ4v) is 4.76. The smallest absolute Gasteiger partial charge is 0.283 e. The molecule has 7 heteroatoms. The summed E-state index contributed by atoms with van der Waals surface area (Å²) in [6.07, 6.45) is 3.14. The lowest BCUT2D eigenvalue weighted by atomic mass is 10.1. The monoisotopic (exact) mass is 434 g/mol. The highest BCUT2D eigenvalue weighted by atomic mass is 127. The zero-order valence-electron chi connectivity index (χ0n) is 12.6. The zero-order chi connectivity index (χ0) is 16.3. The van der Waals surface area contributed by atoms with E-state index in [-0.39, 0.29) is 17.6 Å². The quantitative estimate of drug-likeness (QED) is 0.400. The van der Waals surface area contributed by atoms with E-state index in [0.29, 0.717) is 14.4 Å². The number of carbonyl (C=O) groups is 1. The van der Waals surface area contributed by atoms with E-state index in [9.17, 15) is 14.9 Å². The van der Waals surface area contributed by atoms with Gasteiger partial charge in [0.1, 0.15) is 3.57 Å². The maximum atomic E-state index is 12.7. The minimum absolute atomic E-state index is 0.00862. The van der Waals surface area contributed by atoms with E-state index < -0.39 is 4.92 Å². The van der Waals surface area contributed by atoms with Gasteiger partial charge in [-0.15, -0.1) is 0 Å². The Bertz CT molecular complexity index is 582. The molecule has 0 bridgehead atoms. The number of amides is 1. The van der Waals surface area contributed by atoms with Crippen molar-refractivity contribution in [2.45, 2.75) is 37.5 Å². The number of benzene rings is 1. The first-order valence-electron chi connectivity index (χ1n) is 7.27. The van der Waals surface area contributed by atoms with Gasteiger partial charge < -0.3 is 4.90 Å². The third-order valence-corrected chi connectivity index (χ3v) is 6.40. The summed E-state index contributed by atoms with van der Waals surface area (Å²) in [5, 5.41) is 11.6. The molecule has 0 radical (unpaired) electrons. The van der Waals surface area contributed by atoms with Crippen LogP contribution in [0.4, 0.5) is 5.69 Å². The maximum absolute atomic E-state index is 12.7. The van der Waals surface area contributed by atoms with Gasteiger partial charge in [-0.1, -0.05) is 13.0 Å². The summed E-state index contributed by atoms with van der Waals surface area (Å²) in [6, 6.07) is 4.90. The Morgan fingerprint density at radius 3 is 2.86 bits per heavy atom. The van der Waals surface area contributed by atoms with E-state index in [0.717, 1.165) is 25.0 Å². The fourth-order valence-electron chi connectivity index (χ4n) is 2.84. The molecule has 22 heavy (non-hydrogen) atoms. The van der Waals surface area contributed by atoms with Crippen molar-refractivity contribution in [1.29, 1.82) is 0 Å². The summed E-state index contributed by atoms with van der Waals surface area (Å²) < 4.78 is 0.416. The van der Waals surface area contributed by atoms with Crippen molar-refractivity contribution < 1.29 is 9.72 Å². The van der Waals surface area contributed by atoms with Crippen LogP contribution in [0, 0.1) is 13.7 Å². The predicted molar refractivity (Wildman–Crippen MR) is 97.5 cm³/mol. The van der Waals surface area contributed by atoms with Crippen molar-refractivity contribution in [3.05, 3.63) is 37.4 Å². The zero-order valence-corrected chi connectivity index (χ0v) is 15.6. The lowest BCUT2D eigenvalue weighted by Gasteiger charge is -2.25. The largest absolute Gasteiger partial charge is 0.339 e. The first-order chi connectivity index (χ1) is 10.5. The third-order valence-electron chi connectivity index (χ3n) is 4.03. The summed E-state index contributed by atoms with van der Waals surface area (Å²) in [6.45, 7) is 2.15.